The molecule has 1 unspecified atom stereocenters. The van der Waals surface area contributed by atoms with Crippen molar-refractivity contribution in [3.05, 3.63) is 64.3 Å². The molecule has 2 aromatic carbocycles. The van der Waals surface area contributed by atoms with Crippen molar-refractivity contribution in [3.63, 3.8) is 0 Å². The molecule has 0 amide bonds. The van der Waals surface area contributed by atoms with Crippen molar-refractivity contribution in [2.24, 2.45) is 0 Å². The van der Waals surface area contributed by atoms with Crippen molar-refractivity contribution in [3.8, 4) is 5.75 Å². The third-order valence-electron chi connectivity index (χ3n) is 3.86. The zero-order valence-electron chi connectivity index (χ0n) is 14.3. The molecule has 0 aliphatic heterocycles. The number of hydrogen-bond acceptors (Lipinski definition) is 6. The van der Waals surface area contributed by atoms with Gasteiger partial charge in [-0.3, -0.25) is 14.8 Å². The first-order valence-electron chi connectivity index (χ1n) is 7.92. The maximum Gasteiger partial charge on any atom is 0.346 e. The van der Waals surface area contributed by atoms with Gasteiger partial charge in [0, 0.05) is 17.6 Å². The van der Waals surface area contributed by atoms with E-state index in [2.05, 4.69) is 9.84 Å². The van der Waals surface area contributed by atoms with Crippen molar-refractivity contribution < 1.29 is 19.2 Å². The van der Waals surface area contributed by atoms with Gasteiger partial charge in [-0.2, -0.15) is 5.10 Å². The number of benzene rings is 2. The lowest BCUT2D eigenvalue weighted by atomic mass is 10.2. The number of methoxy groups -OCH3 is 1. The molecule has 8 heteroatoms. The van der Waals surface area contributed by atoms with Crippen LogP contribution in [0.1, 0.15) is 12.5 Å². The van der Waals surface area contributed by atoms with Gasteiger partial charge in [-0.1, -0.05) is 24.3 Å². The van der Waals surface area contributed by atoms with Gasteiger partial charge in [0.2, 0.25) is 0 Å². The second-order valence-corrected chi connectivity index (χ2v) is 5.73. The summed E-state index contributed by atoms with van der Waals surface area (Å²) < 4.78 is 11.7. The van der Waals surface area contributed by atoms with E-state index < -0.39 is 17.0 Å². The van der Waals surface area contributed by atoms with E-state index in [4.69, 9.17) is 4.74 Å². The topological polar surface area (TPSA) is 96.5 Å². The fourth-order valence-corrected chi connectivity index (χ4v) is 2.59. The molecule has 134 valence electrons. The van der Waals surface area contributed by atoms with Crippen LogP contribution in [0.15, 0.2) is 48.7 Å². The third kappa shape index (κ3) is 3.64. The second-order valence-electron chi connectivity index (χ2n) is 5.73. The van der Waals surface area contributed by atoms with Gasteiger partial charge in [-0.25, -0.2) is 4.79 Å². The minimum absolute atomic E-state index is 0.0160. The van der Waals surface area contributed by atoms with E-state index in [0.717, 1.165) is 10.9 Å². The van der Waals surface area contributed by atoms with Crippen LogP contribution < -0.4 is 4.74 Å². The van der Waals surface area contributed by atoms with Gasteiger partial charge < -0.3 is 9.47 Å². The van der Waals surface area contributed by atoms with E-state index >= 15 is 0 Å². The predicted octanol–water partition coefficient (Wildman–Crippen LogP) is 2.93. The minimum Gasteiger partial charge on any atom is -0.472 e. The molecule has 0 aliphatic rings. The molecule has 0 bridgehead atoms. The lowest BCUT2D eigenvalue weighted by Crippen LogP contribution is -2.25. The highest BCUT2D eigenvalue weighted by Crippen LogP contribution is 2.29. The van der Waals surface area contributed by atoms with E-state index in [1.807, 2.05) is 30.5 Å². The van der Waals surface area contributed by atoms with E-state index in [0.29, 0.717) is 12.1 Å². The molecule has 0 N–H and O–H groups in total. The zero-order chi connectivity index (χ0) is 18.7. The summed E-state index contributed by atoms with van der Waals surface area (Å²) in [6, 6.07) is 12.3. The molecule has 8 nitrogen and oxygen atoms in total. The Hall–Kier alpha value is -3.42. The van der Waals surface area contributed by atoms with E-state index in [-0.39, 0.29) is 11.4 Å². The lowest BCUT2D eigenvalue weighted by molar-refractivity contribution is -0.386. The Bertz CT molecular complexity index is 933. The van der Waals surface area contributed by atoms with Crippen LogP contribution in [0.3, 0.4) is 0 Å². The summed E-state index contributed by atoms with van der Waals surface area (Å²) >= 11 is 0. The number of nitro groups is 1. The van der Waals surface area contributed by atoms with Gasteiger partial charge in [0.15, 0.2) is 11.9 Å². The second kappa shape index (κ2) is 7.22. The molecule has 26 heavy (non-hydrogen) atoms. The Morgan fingerprint density at radius 3 is 2.77 bits per heavy atom. The summed E-state index contributed by atoms with van der Waals surface area (Å²) in [7, 11) is 1.23. The number of carbonyl (C=O) groups is 1. The monoisotopic (exact) mass is 355 g/mol. The summed E-state index contributed by atoms with van der Waals surface area (Å²) in [6.07, 6.45) is 0.936. The molecule has 0 spiro atoms. The van der Waals surface area contributed by atoms with Gasteiger partial charge in [0.05, 0.1) is 24.1 Å². The molecular formula is C18H17N3O5. The minimum atomic E-state index is -0.944. The Morgan fingerprint density at radius 1 is 1.31 bits per heavy atom. The van der Waals surface area contributed by atoms with Gasteiger partial charge in [0.25, 0.3) is 0 Å². The molecule has 1 heterocycles. The van der Waals surface area contributed by atoms with Crippen molar-refractivity contribution in [1.29, 1.82) is 0 Å². The van der Waals surface area contributed by atoms with Crippen LogP contribution in [0.5, 0.6) is 5.75 Å². The van der Waals surface area contributed by atoms with Crippen LogP contribution in [0, 0.1) is 10.1 Å². The molecular weight excluding hydrogens is 338 g/mol. The van der Waals surface area contributed by atoms with E-state index in [1.54, 1.807) is 10.7 Å². The van der Waals surface area contributed by atoms with Crippen LogP contribution >= 0.6 is 0 Å². The number of rotatable bonds is 6. The fourth-order valence-electron chi connectivity index (χ4n) is 2.59. The molecule has 0 saturated carbocycles. The summed E-state index contributed by atoms with van der Waals surface area (Å²) in [5, 5.41) is 16.8. The van der Waals surface area contributed by atoms with E-state index in [9.17, 15) is 14.9 Å². The van der Waals surface area contributed by atoms with Crippen molar-refractivity contribution in [1.82, 2.24) is 9.78 Å². The molecule has 0 radical (unpaired) electrons. The highest BCUT2D eigenvalue weighted by molar-refractivity contribution is 5.77. The smallest absolute Gasteiger partial charge is 0.346 e. The number of nitrogens with zero attached hydrogens (tertiary/aromatic N) is 3. The summed E-state index contributed by atoms with van der Waals surface area (Å²) in [5.41, 5.74) is 1.34. The number of nitro benzene ring substituents is 1. The van der Waals surface area contributed by atoms with Crippen molar-refractivity contribution in [2.75, 3.05) is 7.11 Å². The number of esters is 1. The number of ether oxygens (including phenoxy) is 2. The normalized spacial score (nSPS) is 11.9. The quantitative estimate of drug-likeness (QED) is 0.383. The molecule has 1 aromatic heterocycles. The fraction of sp³-hybridized carbons (Fsp3) is 0.222. The Labute approximate surface area is 149 Å². The van der Waals surface area contributed by atoms with Gasteiger partial charge in [-0.05, 0) is 24.6 Å². The third-order valence-corrected chi connectivity index (χ3v) is 3.86. The molecule has 0 saturated heterocycles. The van der Waals surface area contributed by atoms with Crippen LogP contribution in [-0.2, 0) is 16.1 Å². The van der Waals surface area contributed by atoms with Crippen molar-refractivity contribution >= 4 is 22.6 Å². The molecule has 3 aromatic rings. The van der Waals surface area contributed by atoms with Crippen molar-refractivity contribution in [2.45, 2.75) is 19.6 Å². The Morgan fingerprint density at radius 2 is 2.08 bits per heavy atom. The van der Waals surface area contributed by atoms with E-state index in [1.165, 1.54) is 26.2 Å². The molecule has 1 atom stereocenters. The average molecular weight is 355 g/mol. The lowest BCUT2D eigenvalue weighted by Gasteiger charge is -2.13. The van der Waals surface area contributed by atoms with Crippen LogP contribution in [0.25, 0.3) is 10.9 Å². The van der Waals surface area contributed by atoms with Gasteiger partial charge in [-0.15, -0.1) is 0 Å². The Kier molecular flexibility index (Phi) is 4.83. The summed E-state index contributed by atoms with van der Waals surface area (Å²) in [4.78, 5) is 22.3. The molecule has 0 aliphatic carbocycles. The number of hydrogen-bond donors (Lipinski definition) is 0. The largest absolute Gasteiger partial charge is 0.472 e. The zero-order valence-corrected chi connectivity index (χ0v) is 14.3. The summed E-state index contributed by atoms with van der Waals surface area (Å²) in [5.74, 6) is -0.589. The summed E-state index contributed by atoms with van der Waals surface area (Å²) in [6.45, 7) is 1.85. The van der Waals surface area contributed by atoms with Gasteiger partial charge in [0.1, 0.15) is 0 Å². The number of fused-ring (bicyclic) bond motifs is 1. The number of carbonyl (C=O) groups excluding carboxylic acids is 1. The molecule has 0 fully saturated rings. The van der Waals surface area contributed by atoms with Gasteiger partial charge >= 0.3 is 11.7 Å². The predicted molar refractivity (Wildman–Crippen MR) is 94.0 cm³/mol. The first-order chi connectivity index (χ1) is 12.5. The SMILES string of the molecule is COC(=O)C(C)Oc1ccc(Cn2cc3ccccc3n2)cc1[N+](=O)[O-]. The first kappa shape index (κ1) is 17.4. The Balaban J connectivity index is 1.85. The highest BCUT2D eigenvalue weighted by Gasteiger charge is 2.22. The number of aromatic nitrogens is 2. The molecule has 3 rings (SSSR count). The maximum absolute atomic E-state index is 11.5. The average Bonchev–Trinajstić information content (AvgIpc) is 3.04. The highest BCUT2D eigenvalue weighted by atomic mass is 16.6. The van der Waals surface area contributed by atoms with Crippen LogP contribution in [-0.4, -0.2) is 33.9 Å². The van der Waals surface area contributed by atoms with Crippen LogP contribution in [0.2, 0.25) is 0 Å². The first-order valence-corrected chi connectivity index (χ1v) is 7.92. The van der Waals surface area contributed by atoms with Crippen LogP contribution in [0.4, 0.5) is 5.69 Å². The standard InChI is InChI=1S/C18H17N3O5/c1-12(18(22)25-2)26-17-8-7-13(9-16(17)21(23)24)10-20-11-14-5-3-4-6-15(14)19-20/h3-9,11-12H,10H2,1-2H3. The maximum atomic E-state index is 11.5.